The maximum atomic E-state index is 11.6. The summed E-state index contributed by atoms with van der Waals surface area (Å²) in [5.74, 6) is 0.0962. The minimum atomic E-state index is -0.0750. The van der Waals surface area contributed by atoms with Gasteiger partial charge in [0.15, 0.2) is 0 Å². The highest BCUT2D eigenvalue weighted by Crippen LogP contribution is 2.09. The Morgan fingerprint density at radius 1 is 1.71 bits per heavy atom. The molecule has 0 spiro atoms. The lowest BCUT2D eigenvalue weighted by molar-refractivity contribution is -0.123. The standard InChI is InChI=1S/C10H20N2O2/c1-4-7(2)12-10(13)9-5-8(14-3)6-11-9/h7-9,11H,4-6H2,1-3H3,(H,12,13). The molecule has 1 heterocycles. The van der Waals surface area contributed by atoms with Gasteiger partial charge in [0.05, 0.1) is 12.1 Å². The second-order valence-corrected chi connectivity index (χ2v) is 3.87. The summed E-state index contributed by atoms with van der Waals surface area (Å²) in [6.07, 6.45) is 1.92. The fourth-order valence-electron chi connectivity index (χ4n) is 1.53. The van der Waals surface area contributed by atoms with Crippen LogP contribution < -0.4 is 10.6 Å². The van der Waals surface area contributed by atoms with Crippen molar-refractivity contribution in [1.29, 1.82) is 0 Å². The average Bonchev–Trinajstić information content (AvgIpc) is 2.65. The predicted octanol–water partition coefficient (Wildman–Crippen LogP) is 0.278. The number of methoxy groups -OCH3 is 1. The predicted molar refractivity (Wildman–Crippen MR) is 55.1 cm³/mol. The number of hydrogen-bond acceptors (Lipinski definition) is 3. The van der Waals surface area contributed by atoms with Crippen molar-refractivity contribution in [2.75, 3.05) is 13.7 Å². The summed E-state index contributed by atoms with van der Waals surface area (Å²) >= 11 is 0. The van der Waals surface area contributed by atoms with Crippen LogP contribution in [0.1, 0.15) is 26.7 Å². The summed E-state index contributed by atoms with van der Waals surface area (Å²) in [4.78, 5) is 11.6. The summed E-state index contributed by atoms with van der Waals surface area (Å²) in [5.41, 5.74) is 0. The zero-order valence-corrected chi connectivity index (χ0v) is 9.17. The molecule has 3 atom stereocenters. The van der Waals surface area contributed by atoms with Gasteiger partial charge in [-0.3, -0.25) is 4.79 Å². The van der Waals surface area contributed by atoms with Crippen molar-refractivity contribution in [1.82, 2.24) is 10.6 Å². The molecular formula is C10H20N2O2. The van der Waals surface area contributed by atoms with E-state index in [1.54, 1.807) is 7.11 Å². The van der Waals surface area contributed by atoms with Crippen molar-refractivity contribution in [3.05, 3.63) is 0 Å². The Morgan fingerprint density at radius 3 is 2.93 bits per heavy atom. The minimum Gasteiger partial charge on any atom is -0.380 e. The zero-order valence-electron chi connectivity index (χ0n) is 9.17. The van der Waals surface area contributed by atoms with Crippen LogP contribution in [0.3, 0.4) is 0 Å². The molecule has 3 unspecified atom stereocenters. The van der Waals surface area contributed by atoms with Crippen LogP contribution in [0.15, 0.2) is 0 Å². The van der Waals surface area contributed by atoms with Crippen LogP contribution in [-0.4, -0.2) is 37.7 Å². The molecule has 4 nitrogen and oxygen atoms in total. The quantitative estimate of drug-likeness (QED) is 0.685. The summed E-state index contributed by atoms with van der Waals surface area (Å²) in [6.45, 7) is 4.85. The van der Waals surface area contributed by atoms with E-state index in [0.29, 0.717) is 0 Å². The molecule has 82 valence electrons. The van der Waals surface area contributed by atoms with Gasteiger partial charge in [-0.2, -0.15) is 0 Å². The molecule has 4 heteroatoms. The highest BCUT2D eigenvalue weighted by molar-refractivity contribution is 5.82. The lowest BCUT2D eigenvalue weighted by Gasteiger charge is -2.15. The molecule has 0 radical (unpaired) electrons. The average molecular weight is 200 g/mol. The summed E-state index contributed by atoms with van der Waals surface area (Å²) in [5, 5.41) is 6.11. The van der Waals surface area contributed by atoms with Gasteiger partial charge in [0.2, 0.25) is 5.91 Å². The van der Waals surface area contributed by atoms with Crippen molar-refractivity contribution in [2.24, 2.45) is 0 Å². The monoisotopic (exact) mass is 200 g/mol. The van der Waals surface area contributed by atoms with E-state index in [1.165, 1.54) is 0 Å². The molecule has 2 N–H and O–H groups in total. The molecule has 1 aliphatic rings. The van der Waals surface area contributed by atoms with E-state index in [0.717, 1.165) is 19.4 Å². The number of hydrogen-bond donors (Lipinski definition) is 2. The van der Waals surface area contributed by atoms with Crippen molar-refractivity contribution in [3.63, 3.8) is 0 Å². The fraction of sp³-hybridized carbons (Fsp3) is 0.900. The molecule has 0 aromatic rings. The topological polar surface area (TPSA) is 50.4 Å². The first kappa shape index (κ1) is 11.5. The van der Waals surface area contributed by atoms with E-state index in [2.05, 4.69) is 17.6 Å². The fourth-order valence-corrected chi connectivity index (χ4v) is 1.53. The lowest BCUT2D eigenvalue weighted by atomic mass is 10.1. The van der Waals surface area contributed by atoms with Gasteiger partial charge in [0.25, 0.3) is 0 Å². The third-order valence-electron chi connectivity index (χ3n) is 2.74. The molecule has 1 aliphatic heterocycles. The van der Waals surface area contributed by atoms with Crippen LogP contribution in [0.4, 0.5) is 0 Å². The van der Waals surface area contributed by atoms with Crippen LogP contribution in [-0.2, 0) is 9.53 Å². The van der Waals surface area contributed by atoms with Crippen molar-refractivity contribution < 1.29 is 9.53 Å². The first-order chi connectivity index (χ1) is 6.67. The number of rotatable bonds is 4. The Hall–Kier alpha value is -0.610. The highest BCUT2D eigenvalue weighted by Gasteiger charge is 2.29. The summed E-state index contributed by atoms with van der Waals surface area (Å²) in [7, 11) is 1.68. The van der Waals surface area contributed by atoms with E-state index < -0.39 is 0 Å². The maximum Gasteiger partial charge on any atom is 0.237 e. The second kappa shape index (κ2) is 5.32. The Morgan fingerprint density at radius 2 is 2.43 bits per heavy atom. The van der Waals surface area contributed by atoms with Gasteiger partial charge in [-0.05, 0) is 19.8 Å². The summed E-state index contributed by atoms with van der Waals surface area (Å²) < 4.78 is 5.18. The normalized spacial score (nSPS) is 28.8. The van der Waals surface area contributed by atoms with Gasteiger partial charge in [-0.25, -0.2) is 0 Å². The van der Waals surface area contributed by atoms with Gasteiger partial charge in [-0.15, -0.1) is 0 Å². The molecular weight excluding hydrogens is 180 g/mol. The number of nitrogens with one attached hydrogen (secondary N) is 2. The van der Waals surface area contributed by atoms with Crippen molar-refractivity contribution in [3.8, 4) is 0 Å². The zero-order chi connectivity index (χ0) is 10.6. The van der Waals surface area contributed by atoms with E-state index in [9.17, 15) is 4.79 Å². The van der Waals surface area contributed by atoms with Gasteiger partial charge < -0.3 is 15.4 Å². The van der Waals surface area contributed by atoms with Crippen LogP contribution in [0.5, 0.6) is 0 Å². The molecule has 1 saturated heterocycles. The molecule has 0 bridgehead atoms. The van der Waals surface area contributed by atoms with Crippen molar-refractivity contribution >= 4 is 5.91 Å². The smallest absolute Gasteiger partial charge is 0.237 e. The first-order valence-corrected chi connectivity index (χ1v) is 5.24. The molecule has 14 heavy (non-hydrogen) atoms. The lowest BCUT2D eigenvalue weighted by Crippen LogP contribution is -2.43. The van der Waals surface area contributed by atoms with Crippen molar-refractivity contribution in [2.45, 2.75) is 44.9 Å². The largest absolute Gasteiger partial charge is 0.380 e. The number of carbonyl (C=O) groups excluding carboxylic acids is 1. The third kappa shape index (κ3) is 2.96. The van der Waals surface area contributed by atoms with E-state index in [1.807, 2.05) is 6.92 Å². The van der Waals surface area contributed by atoms with Crippen LogP contribution in [0.25, 0.3) is 0 Å². The summed E-state index contributed by atoms with van der Waals surface area (Å²) in [6, 6.07) is 0.180. The minimum absolute atomic E-state index is 0.0750. The van der Waals surface area contributed by atoms with Gasteiger partial charge in [-0.1, -0.05) is 6.92 Å². The molecule has 1 fully saturated rings. The third-order valence-corrected chi connectivity index (χ3v) is 2.74. The number of carbonyl (C=O) groups is 1. The SMILES string of the molecule is CCC(C)NC(=O)C1CC(OC)CN1. The van der Waals surface area contributed by atoms with E-state index >= 15 is 0 Å². The molecule has 0 aromatic carbocycles. The van der Waals surface area contributed by atoms with Crippen LogP contribution >= 0.6 is 0 Å². The number of amides is 1. The second-order valence-electron chi connectivity index (χ2n) is 3.87. The Kier molecular flexibility index (Phi) is 4.35. The molecule has 0 aromatic heterocycles. The molecule has 0 aliphatic carbocycles. The van der Waals surface area contributed by atoms with Crippen LogP contribution in [0.2, 0.25) is 0 Å². The first-order valence-electron chi connectivity index (χ1n) is 5.24. The Balaban J connectivity index is 2.32. The van der Waals surface area contributed by atoms with E-state index in [-0.39, 0.29) is 24.1 Å². The Bertz CT molecular complexity index is 197. The molecule has 1 amide bonds. The molecule has 1 rings (SSSR count). The van der Waals surface area contributed by atoms with Gasteiger partial charge in [0, 0.05) is 19.7 Å². The highest BCUT2D eigenvalue weighted by atomic mass is 16.5. The Labute approximate surface area is 85.4 Å². The van der Waals surface area contributed by atoms with Gasteiger partial charge >= 0.3 is 0 Å². The van der Waals surface area contributed by atoms with Gasteiger partial charge in [0.1, 0.15) is 0 Å². The van der Waals surface area contributed by atoms with E-state index in [4.69, 9.17) is 4.74 Å². The molecule has 0 saturated carbocycles. The number of ether oxygens (including phenoxy) is 1. The maximum absolute atomic E-state index is 11.6. The van der Waals surface area contributed by atoms with Crippen LogP contribution in [0, 0.1) is 0 Å².